The summed E-state index contributed by atoms with van der Waals surface area (Å²) in [4.78, 5) is 11.0. The number of hydrogen-bond donors (Lipinski definition) is 1. The second-order valence-electron chi connectivity index (χ2n) is 6.94. The van der Waals surface area contributed by atoms with Crippen LogP contribution >= 0.6 is 11.6 Å². The fraction of sp³-hybridized carbons (Fsp3) is 0.261. The third-order valence-corrected chi connectivity index (χ3v) is 4.46. The van der Waals surface area contributed by atoms with E-state index < -0.39 is 0 Å². The first-order valence-electron chi connectivity index (χ1n) is 9.32. The highest BCUT2D eigenvalue weighted by atomic mass is 35.5. The van der Waals surface area contributed by atoms with Gasteiger partial charge in [0.05, 0.1) is 11.1 Å². The number of amides is 1. The van der Waals surface area contributed by atoms with Crippen LogP contribution in [0, 0.1) is 0 Å². The molecule has 0 atom stereocenters. The van der Waals surface area contributed by atoms with E-state index in [9.17, 15) is 4.79 Å². The Hall–Kier alpha value is -2.72. The minimum atomic E-state index is -0.00922. The molecule has 0 heterocycles. The van der Waals surface area contributed by atoms with Crippen LogP contribution < -0.4 is 14.8 Å². The number of carbonyl (C=O) groups is 1. The molecule has 3 aromatic rings. The van der Waals surface area contributed by atoms with E-state index in [1.807, 2.05) is 44.2 Å². The van der Waals surface area contributed by atoms with E-state index in [2.05, 4.69) is 23.5 Å². The highest BCUT2D eigenvalue weighted by Crippen LogP contribution is 2.34. The summed E-state index contributed by atoms with van der Waals surface area (Å²) >= 11 is 6.34. The van der Waals surface area contributed by atoms with Gasteiger partial charge >= 0.3 is 0 Å². The summed E-state index contributed by atoms with van der Waals surface area (Å²) in [5.74, 6) is 2.02. The maximum atomic E-state index is 11.0. The predicted octanol–water partition coefficient (Wildman–Crippen LogP) is 5.75. The van der Waals surface area contributed by atoms with Gasteiger partial charge in [0, 0.05) is 19.5 Å². The van der Waals surface area contributed by atoms with Crippen molar-refractivity contribution in [3.63, 3.8) is 0 Å². The van der Waals surface area contributed by atoms with Crippen molar-refractivity contribution < 1.29 is 14.3 Å². The van der Waals surface area contributed by atoms with E-state index in [-0.39, 0.29) is 12.0 Å². The topological polar surface area (TPSA) is 47.6 Å². The second kappa shape index (κ2) is 8.98. The molecule has 3 rings (SSSR count). The molecule has 0 saturated carbocycles. The quantitative estimate of drug-likeness (QED) is 0.552. The molecular formula is C23H24ClNO3. The van der Waals surface area contributed by atoms with Crippen molar-refractivity contribution in [2.45, 2.75) is 33.3 Å². The normalized spacial score (nSPS) is 10.9. The minimum Gasteiger partial charge on any atom is -0.491 e. The van der Waals surface area contributed by atoms with Crippen LogP contribution in [0.25, 0.3) is 10.8 Å². The standard InChI is InChI=1S/C23H24ClNO3/c1-15(2)27-21-8-9-23(22(24)14-21)28-20-7-6-18-12-17(4-5-19(18)13-20)10-11-25-16(3)26/h4-9,12-15H,10-11H2,1-3H3,(H,25,26). The van der Waals surface area contributed by atoms with Crippen molar-refractivity contribution in [3.05, 3.63) is 65.2 Å². The smallest absolute Gasteiger partial charge is 0.216 e. The molecule has 1 N–H and O–H groups in total. The Kier molecular flexibility index (Phi) is 6.42. The summed E-state index contributed by atoms with van der Waals surface area (Å²) in [5.41, 5.74) is 1.18. The van der Waals surface area contributed by atoms with Crippen LogP contribution in [-0.4, -0.2) is 18.6 Å². The zero-order chi connectivity index (χ0) is 20.1. The van der Waals surface area contributed by atoms with Crippen molar-refractivity contribution in [3.8, 4) is 17.2 Å². The Labute approximate surface area is 170 Å². The summed E-state index contributed by atoms with van der Waals surface area (Å²) in [5, 5.41) is 5.53. The monoisotopic (exact) mass is 397 g/mol. The first-order chi connectivity index (χ1) is 13.4. The molecular weight excluding hydrogens is 374 g/mol. The molecule has 0 aromatic heterocycles. The Morgan fingerprint density at radius 3 is 2.43 bits per heavy atom. The van der Waals surface area contributed by atoms with Crippen LogP contribution in [0.2, 0.25) is 5.02 Å². The number of hydrogen-bond acceptors (Lipinski definition) is 3. The van der Waals surface area contributed by atoms with E-state index in [1.165, 1.54) is 12.5 Å². The van der Waals surface area contributed by atoms with Gasteiger partial charge < -0.3 is 14.8 Å². The molecule has 146 valence electrons. The lowest BCUT2D eigenvalue weighted by atomic mass is 10.0. The van der Waals surface area contributed by atoms with Crippen molar-refractivity contribution >= 4 is 28.3 Å². The summed E-state index contributed by atoms with van der Waals surface area (Å²) in [6, 6.07) is 17.6. The van der Waals surface area contributed by atoms with Crippen LogP contribution in [0.15, 0.2) is 54.6 Å². The minimum absolute atomic E-state index is 0.00922. The fourth-order valence-electron chi connectivity index (χ4n) is 2.91. The molecule has 5 heteroatoms. The van der Waals surface area contributed by atoms with Gasteiger partial charge in [-0.3, -0.25) is 4.79 Å². The maximum Gasteiger partial charge on any atom is 0.216 e. The lowest BCUT2D eigenvalue weighted by Crippen LogP contribution is -2.22. The molecule has 3 aromatic carbocycles. The van der Waals surface area contributed by atoms with Gasteiger partial charge in [-0.25, -0.2) is 0 Å². The zero-order valence-corrected chi connectivity index (χ0v) is 17.0. The second-order valence-corrected chi connectivity index (χ2v) is 7.34. The van der Waals surface area contributed by atoms with Gasteiger partial charge in [-0.1, -0.05) is 35.9 Å². The number of carbonyl (C=O) groups excluding carboxylic acids is 1. The van der Waals surface area contributed by atoms with Crippen molar-refractivity contribution in [2.75, 3.05) is 6.54 Å². The Morgan fingerprint density at radius 2 is 1.71 bits per heavy atom. The van der Waals surface area contributed by atoms with E-state index in [4.69, 9.17) is 21.1 Å². The van der Waals surface area contributed by atoms with Crippen LogP contribution in [0.1, 0.15) is 26.3 Å². The molecule has 0 aliphatic carbocycles. The fourth-order valence-corrected chi connectivity index (χ4v) is 3.12. The first-order valence-corrected chi connectivity index (χ1v) is 9.70. The third-order valence-electron chi connectivity index (χ3n) is 4.17. The lowest BCUT2D eigenvalue weighted by Gasteiger charge is -2.13. The van der Waals surface area contributed by atoms with Crippen LogP contribution in [0.4, 0.5) is 0 Å². The van der Waals surface area contributed by atoms with E-state index >= 15 is 0 Å². The van der Waals surface area contributed by atoms with Gasteiger partial charge in [-0.15, -0.1) is 0 Å². The molecule has 0 unspecified atom stereocenters. The average molecular weight is 398 g/mol. The van der Waals surface area contributed by atoms with Crippen molar-refractivity contribution in [1.29, 1.82) is 0 Å². The summed E-state index contributed by atoms with van der Waals surface area (Å²) < 4.78 is 11.6. The van der Waals surface area contributed by atoms with E-state index in [0.717, 1.165) is 28.7 Å². The van der Waals surface area contributed by atoms with Gasteiger partial charge in [0.15, 0.2) is 0 Å². The number of ether oxygens (including phenoxy) is 2. The zero-order valence-electron chi connectivity index (χ0n) is 16.3. The summed E-state index contributed by atoms with van der Waals surface area (Å²) in [6.45, 7) is 6.10. The van der Waals surface area contributed by atoms with E-state index in [0.29, 0.717) is 17.3 Å². The highest BCUT2D eigenvalue weighted by molar-refractivity contribution is 6.32. The molecule has 28 heavy (non-hydrogen) atoms. The Bertz CT molecular complexity index is 985. The molecule has 1 amide bonds. The molecule has 0 aliphatic rings. The first kappa shape index (κ1) is 20.0. The number of benzene rings is 3. The molecule has 0 radical (unpaired) electrons. The Balaban J connectivity index is 1.73. The summed E-state index contributed by atoms with van der Waals surface area (Å²) in [7, 11) is 0. The molecule has 0 bridgehead atoms. The highest BCUT2D eigenvalue weighted by Gasteiger charge is 2.07. The number of nitrogens with one attached hydrogen (secondary N) is 1. The number of fused-ring (bicyclic) bond motifs is 1. The Morgan fingerprint density at radius 1 is 1.00 bits per heavy atom. The van der Waals surface area contributed by atoms with Crippen molar-refractivity contribution in [2.24, 2.45) is 0 Å². The van der Waals surface area contributed by atoms with Crippen molar-refractivity contribution in [1.82, 2.24) is 5.32 Å². The van der Waals surface area contributed by atoms with Gasteiger partial charge in [0.25, 0.3) is 0 Å². The van der Waals surface area contributed by atoms with Gasteiger partial charge in [0.1, 0.15) is 17.2 Å². The van der Waals surface area contributed by atoms with Crippen LogP contribution in [0.5, 0.6) is 17.2 Å². The van der Waals surface area contributed by atoms with Gasteiger partial charge in [0.2, 0.25) is 5.91 Å². The third kappa shape index (κ3) is 5.40. The molecule has 4 nitrogen and oxygen atoms in total. The van der Waals surface area contributed by atoms with Gasteiger partial charge in [-0.2, -0.15) is 0 Å². The SMILES string of the molecule is CC(=O)NCCc1ccc2cc(Oc3ccc(OC(C)C)cc3Cl)ccc2c1. The molecule has 0 aliphatic heterocycles. The predicted molar refractivity (Wildman–Crippen MR) is 114 cm³/mol. The van der Waals surface area contributed by atoms with E-state index in [1.54, 1.807) is 6.07 Å². The molecule has 0 spiro atoms. The van der Waals surface area contributed by atoms with Crippen LogP contribution in [0.3, 0.4) is 0 Å². The van der Waals surface area contributed by atoms with Gasteiger partial charge in [-0.05, 0) is 60.9 Å². The molecule has 0 saturated heterocycles. The molecule has 0 fully saturated rings. The largest absolute Gasteiger partial charge is 0.491 e. The number of halogens is 1. The number of rotatable bonds is 7. The summed E-state index contributed by atoms with van der Waals surface area (Å²) in [6.07, 6.45) is 0.889. The van der Waals surface area contributed by atoms with Crippen LogP contribution in [-0.2, 0) is 11.2 Å². The average Bonchev–Trinajstić information content (AvgIpc) is 2.63. The lowest BCUT2D eigenvalue weighted by molar-refractivity contribution is -0.118. The maximum absolute atomic E-state index is 11.0.